The number of amides is 1. The number of carbonyl (C=O) groups is 1. The highest BCUT2D eigenvalue weighted by Gasteiger charge is 2.42. The second-order valence-electron chi connectivity index (χ2n) is 6.79. The Labute approximate surface area is 149 Å². The maximum absolute atomic E-state index is 12.4. The Morgan fingerprint density at radius 2 is 1.88 bits per heavy atom. The molecule has 6 nitrogen and oxygen atoms in total. The zero-order chi connectivity index (χ0) is 18.0. The minimum Gasteiger partial charge on any atom is -0.493 e. The summed E-state index contributed by atoms with van der Waals surface area (Å²) in [5.41, 5.74) is 2.12. The SMILES string of the molecule is CN[C@@H](C)C(=O)N1CCC2(CC1)OCCc1cc(OC)c(OC)cc12. The van der Waals surface area contributed by atoms with Gasteiger partial charge in [0.25, 0.3) is 0 Å². The Balaban J connectivity index is 1.85. The van der Waals surface area contributed by atoms with Crippen LogP contribution in [0, 0.1) is 0 Å². The molecule has 1 spiro atoms. The summed E-state index contributed by atoms with van der Waals surface area (Å²) in [5.74, 6) is 1.64. The fourth-order valence-corrected chi connectivity index (χ4v) is 3.89. The van der Waals surface area contributed by atoms with Crippen LogP contribution >= 0.6 is 0 Å². The van der Waals surface area contributed by atoms with Crippen molar-refractivity contribution in [2.75, 3.05) is 41.0 Å². The average molecular weight is 348 g/mol. The molecule has 1 fully saturated rings. The predicted molar refractivity (Wildman–Crippen MR) is 95.2 cm³/mol. The van der Waals surface area contributed by atoms with Gasteiger partial charge in [-0.15, -0.1) is 0 Å². The normalized spacial score (nSPS) is 20.1. The molecule has 0 bridgehead atoms. The number of likely N-dealkylation sites (N-methyl/N-ethyl adjacent to an activating group) is 1. The van der Waals surface area contributed by atoms with Gasteiger partial charge in [-0.1, -0.05) is 0 Å². The lowest BCUT2D eigenvalue weighted by atomic mass is 9.79. The Hall–Kier alpha value is -1.79. The molecule has 1 amide bonds. The van der Waals surface area contributed by atoms with Gasteiger partial charge in [-0.05, 0) is 56.5 Å². The van der Waals surface area contributed by atoms with E-state index in [2.05, 4.69) is 17.4 Å². The summed E-state index contributed by atoms with van der Waals surface area (Å²) in [5, 5.41) is 3.02. The number of hydrogen-bond acceptors (Lipinski definition) is 5. The van der Waals surface area contributed by atoms with Crippen LogP contribution in [-0.4, -0.2) is 57.8 Å². The third-order valence-electron chi connectivity index (χ3n) is 5.54. The lowest BCUT2D eigenvalue weighted by Gasteiger charge is -2.45. The lowest BCUT2D eigenvalue weighted by molar-refractivity contribution is -0.142. The van der Waals surface area contributed by atoms with Gasteiger partial charge in [-0.2, -0.15) is 0 Å². The van der Waals surface area contributed by atoms with E-state index in [0.717, 1.165) is 30.8 Å². The molecular formula is C19H28N2O4. The third-order valence-corrected chi connectivity index (χ3v) is 5.54. The molecule has 138 valence electrons. The Kier molecular flexibility index (Phi) is 5.20. The molecule has 25 heavy (non-hydrogen) atoms. The molecule has 1 N–H and O–H groups in total. The van der Waals surface area contributed by atoms with E-state index in [0.29, 0.717) is 19.7 Å². The highest BCUT2D eigenvalue weighted by Crippen LogP contribution is 2.45. The zero-order valence-electron chi connectivity index (χ0n) is 15.6. The van der Waals surface area contributed by atoms with Crippen LogP contribution in [0.3, 0.4) is 0 Å². The third kappa shape index (κ3) is 3.20. The van der Waals surface area contributed by atoms with Crippen molar-refractivity contribution in [1.29, 1.82) is 0 Å². The predicted octanol–water partition coefficient (Wildman–Crippen LogP) is 1.70. The van der Waals surface area contributed by atoms with Crippen molar-refractivity contribution in [2.24, 2.45) is 0 Å². The molecule has 1 aromatic rings. The van der Waals surface area contributed by atoms with E-state index in [1.807, 2.05) is 18.9 Å². The number of rotatable bonds is 4. The molecule has 1 atom stereocenters. The molecule has 0 radical (unpaired) electrons. The maximum Gasteiger partial charge on any atom is 0.239 e. The van der Waals surface area contributed by atoms with Crippen molar-refractivity contribution in [3.8, 4) is 11.5 Å². The van der Waals surface area contributed by atoms with Gasteiger partial charge < -0.3 is 24.4 Å². The number of hydrogen-bond donors (Lipinski definition) is 1. The first kappa shape index (κ1) is 18.0. The van der Waals surface area contributed by atoms with E-state index in [1.165, 1.54) is 11.1 Å². The van der Waals surface area contributed by atoms with Crippen LogP contribution in [0.5, 0.6) is 11.5 Å². The number of carbonyl (C=O) groups excluding carboxylic acids is 1. The first-order valence-electron chi connectivity index (χ1n) is 8.90. The minimum absolute atomic E-state index is 0.153. The van der Waals surface area contributed by atoms with Crippen LogP contribution in [0.4, 0.5) is 0 Å². The van der Waals surface area contributed by atoms with Gasteiger partial charge in [-0.3, -0.25) is 4.79 Å². The van der Waals surface area contributed by atoms with Crippen LogP contribution in [-0.2, 0) is 21.6 Å². The van der Waals surface area contributed by atoms with Crippen molar-refractivity contribution in [3.05, 3.63) is 23.3 Å². The van der Waals surface area contributed by atoms with Crippen LogP contribution in [0.25, 0.3) is 0 Å². The lowest BCUT2D eigenvalue weighted by Crippen LogP contribution is -2.52. The quantitative estimate of drug-likeness (QED) is 0.897. The fourth-order valence-electron chi connectivity index (χ4n) is 3.89. The van der Waals surface area contributed by atoms with E-state index in [1.54, 1.807) is 14.2 Å². The van der Waals surface area contributed by atoms with Crippen molar-refractivity contribution in [2.45, 2.75) is 37.8 Å². The average Bonchev–Trinajstić information content (AvgIpc) is 2.66. The molecule has 0 unspecified atom stereocenters. The molecule has 0 aromatic heterocycles. The largest absolute Gasteiger partial charge is 0.493 e. The van der Waals surface area contributed by atoms with Crippen molar-refractivity contribution >= 4 is 5.91 Å². The Morgan fingerprint density at radius 1 is 1.24 bits per heavy atom. The first-order chi connectivity index (χ1) is 12.0. The van der Waals surface area contributed by atoms with Crippen LogP contribution in [0.15, 0.2) is 12.1 Å². The van der Waals surface area contributed by atoms with Crippen LogP contribution < -0.4 is 14.8 Å². The van der Waals surface area contributed by atoms with Crippen molar-refractivity contribution in [1.82, 2.24) is 10.2 Å². The standard InChI is InChI=1S/C19H28N2O4/c1-13(20-2)18(22)21-8-6-19(7-9-21)15-12-17(24-4)16(23-3)11-14(15)5-10-25-19/h11-13,20H,5-10H2,1-4H3/t13-/m0/s1. The number of methoxy groups -OCH3 is 2. The van der Waals surface area contributed by atoms with E-state index in [9.17, 15) is 4.79 Å². The van der Waals surface area contributed by atoms with E-state index in [-0.39, 0.29) is 17.6 Å². The van der Waals surface area contributed by atoms with E-state index < -0.39 is 0 Å². The minimum atomic E-state index is -0.327. The number of likely N-dealkylation sites (tertiary alicyclic amines) is 1. The second-order valence-corrected chi connectivity index (χ2v) is 6.79. The Morgan fingerprint density at radius 3 is 2.48 bits per heavy atom. The fraction of sp³-hybridized carbons (Fsp3) is 0.632. The monoisotopic (exact) mass is 348 g/mol. The van der Waals surface area contributed by atoms with E-state index in [4.69, 9.17) is 14.2 Å². The smallest absolute Gasteiger partial charge is 0.239 e. The topological polar surface area (TPSA) is 60.0 Å². The van der Waals surface area contributed by atoms with Crippen LogP contribution in [0.2, 0.25) is 0 Å². The highest BCUT2D eigenvalue weighted by atomic mass is 16.5. The summed E-state index contributed by atoms with van der Waals surface area (Å²) < 4.78 is 17.2. The molecule has 2 heterocycles. The molecule has 1 saturated heterocycles. The number of piperidine rings is 1. The van der Waals surface area contributed by atoms with Crippen molar-refractivity contribution in [3.63, 3.8) is 0 Å². The van der Waals surface area contributed by atoms with Gasteiger partial charge in [0.15, 0.2) is 11.5 Å². The molecular weight excluding hydrogens is 320 g/mol. The summed E-state index contributed by atoms with van der Waals surface area (Å²) in [4.78, 5) is 14.4. The van der Waals surface area contributed by atoms with Gasteiger partial charge in [0.1, 0.15) is 0 Å². The van der Waals surface area contributed by atoms with Gasteiger partial charge in [0, 0.05) is 13.1 Å². The van der Waals surface area contributed by atoms with Crippen LogP contribution in [0.1, 0.15) is 30.9 Å². The van der Waals surface area contributed by atoms with E-state index >= 15 is 0 Å². The summed E-state index contributed by atoms with van der Waals surface area (Å²) >= 11 is 0. The van der Waals surface area contributed by atoms with Gasteiger partial charge in [-0.25, -0.2) is 0 Å². The molecule has 3 rings (SSSR count). The molecule has 2 aliphatic heterocycles. The molecule has 0 aliphatic carbocycles. The van der Waals surface area contributed by atoms with Crippen molar-refractivity contribution < 1.29 is 19.0 Å². The maximum atomic E-state index is 12.4. The molecule has 6 heteroatoms. The second kappa shape index (κ2) is 7.22. The Bertz CT molecular complexity index is 639. The highest BCUT2D eigenvalue weighted by molar-refractivity contribution is 5.81. The number of fused-ring (bicyclic) bond motifs is 2. The van der Waals surface area contributed by atoms with Gasteiger partial charge >= 0.3 is 0 Å². The van der Waals surface area contributed by atoms with Gasteiger partial charge in [0.2, 0.25) is 5.91 Å². The summed E-state index contributed by atoms with van der Waals surface area (Å²) in [7, 11) is 5.13. The molecule has 2 aliphatic rings. The molecule has 0 saturated carbocycles. The summed E-state index contributed by atoms with van der Waals surface area (Å²) in [6.45, 7) is 4.01. The summed E-state index contributed by atoms with van der Waals surface area (Å²) in [6, 6.07) is 3.97. The first-order valence-corrected chi connectivity index (χ1v) is 8.90. The number of nitrogens with zero attached hydrogens (tertiary/aromatic N) is 1. The summed E-state index contributed by atoms with van der Waals surface area (Å²) in [6.07, 6.45) is 2.48. The number of benzene rings is 1. The van der Waals surface area contributed by atoms with Gasteiger partial charge in [0.05, 0.1) is 32.5 Å². The number of ether oxygens (including phenoxy) is 3. The number of nitrogens with one attached hydrogen (secondary N) is 1. The zero-order valence-corrected chi connectivity index (χ0v) is 15.6. The molecule has 1 aromatic carbocycles.